The van der Waals surface area contributed by atoms with Crippen molar-refractivity contribution in [3.05, 3.63) is 55.9 Å². The summed E-state index contributed by atoms with van der Waals surface area (Å²) in [5, 5.41) is 0. The summed E-state index contributed by atoms with van der Waals surface area (Å²) >= 11 is 0. The lowest BCUT2D eigenvalue weighted by atomic mass is 10.3. The van der Waals surface area contributed by atoms with Gasteiger partial charge in [-0.15, -0.1) is 0 Å². The van der Waals surface area contributed by atoms with Gasteiger partial charge in [0.15, 0.2) is 12.1 Å². The average Bonchev–Trinajstić information content (AvgIpc) is 2.66. The van der Waals surface area contributed by atoms with Gasteiger partial charge in [0.1, 0.15) is 6.54 Å². The maximum Gasteiger partial charge on any atom is 0.285 e. The Kier molecular flexibility index (Phi) is 3.05. The van der Waals surface area contributed by atoms with Crippen LogP contribution in [0.2, 0.25) is 0 Å². The zero-order chi connectivity index (χ0) is 11.4. The van der Waals surface area contributed by atoms with Gasteiger partial charge in [-0.1, -0.05) is 31.4 Å². The van der Waals surface area contributed by atoms with Crippen molar-refractivity contribution in [1.82, 2.24) is 4.73 Å². The van der Waals surface area contributed by atoms with Gasteiger partial charge < -0.3 is 4.84 Å². The van der Waals surface area contributed by atoms with Gasteiger partial charge in [0, 0.05) is 0 Å². The SMILES string of the molecule is C=CCOn1c[n+](CC=C)c2ccccc21. The summed E-state index contributed by atoms with van der Waals surface area (Å²) in [6.45, 7) is 8.65. The third-order valence-electron chi connectivity index (χ3n) is 2.33. The molecule has 1 heterocycles. The summed E-state index contributed by atoms with van der Waals surface area (Å²) in [4.78, 5) is 5.54. The van der Waals surface area contributed by atoms with Crippen LogP contribution in [0.4, 0.5) is 0 Å². The molecule has 0 radical (unpaired) electrons. The van der Waals surface area contributed by atoms with Crippen molar-refractivity contribution in [3.63, 3.8) is 0 Å². The molecule has 0 saturated carbocycles. The third kappa shape index (κ3) is 1.84. The van der Waals surface area contributed by atoms with Crippen LogP contribution in [-0.4, -0.2) is 11.3 Å². The molecule has 0 amide bonds. The number of para-hydroxylation sites is 2. The average molecular weight is 215 g/mol. The lowest BCUT2D eigenvalue weighted by molar-refractivity contribution is -0.663. The van der Waals surface area contributed by atoms with E-state index in [9.17, 15) is 0 Å². The molecule has 2 aromatic rings. The first kappa shape index (κ1) is 10.5. The summed E-state index contributed by atoms with van der Waals surface area (Å²) in [6, 6.07) is 8.10. The van der Waals surface area contributed by atoms with Crippen molar-refractivity contribution in [2.45, 2.75) is 6.54 Å². The van der Waals surface area contributed by atoms with Crippen LogP contribution in [0.5, 0.6) is 0 Å². The van der Waals surface area contributed by atoms with E-state index in [0.29, 0.717) is 6.61 Å². The topological polar surface area (TPSA) is 18.0 Å². The third-order valence-corrected chi connectivity index (χ3v) is 2.33. The molecule has 0 saturated heterocycles. The number of aromatic nitrogens is 2. The standard InChI is InChI=1S/C13H15N2O/c1-3-9-14-11-15(16-10-4-2)13-8-6-5-7-12(13)14/h3-8,11H,1-2,9-10H2/q+1. The lowest BCUT2D eigenvalue weighted by Gasteiger charge is -1.94. The van der Waals surface area contributed by atoms with E-state index in [0.717, 1.165) is 17.6 Å². The first-order valence-corrected chi connectivity index (χ1v) is 5.21. The molecule has 1 aromatic carbocycles. The highest BCUT2D eigenvalue weighted by Gasteiger charge is 2.14. The number of nitrogens with zero attached hydrogens (tertiary/aromatic N) is 2. The summed E-state index contributed by atoms with van der Waals surface area (Å²) in [6.07, 6.45) is 5.52. The van der Waals surface area contributed by atoms with E-state index in [1.54, 1.807) is 10.8 Å². The van der Waals surface area contributed by atoms with Gasteiger partial charge in [-0.05, 0) is 22.9 Å². The maximum absolute atomic E-state index is 5.54. The Bertz CT molecular complexity index is 514. The van der Waals surface area contributed by atoms with Gasteiger partial charge in [-0.2, -0.15) is 0 Å². The van der Waals surface area contributed by atoms with E-state index in [1.807, 2.05) is 30.6 Å². The summed E-state index contributed by atoms with van der Waals surface area (Å²) < 4.78 is 3.85. The molecule has 0 spiro atoms. The molecule has 0 aliphatic rings. The molecule has 2 rings (SSSR count). The Labute approximate surface area is 94.8 Å². The fourth-order valence-electron chi connectivity index (χ4n) is 1.66. The van der Waals surface area contributed by atoms with Gasteiger partial charge in [0.25, 0.3) is 6.33 Å². The van der Waals surface area contributed by atoms with E-state index in [4.69, 9.17) is 4.84 Å². The Balaban J connectivity index is 2.48. The molecule has 82 valence electrons. The number of allylic oxidation sites excluding steroid dienone is 1. The number of rotatable bonds is 5. The Hall–Kier alpha value is -2.03. The molecule has 3 heteroatoms. The number of fused-ring (bicyclic) bond motifs is 1. The van der Waals surface area contributed by atoms with E-state index in [2.05, 4.69) is 23.8 Å². The Morgan fingerprint density at radius 2 is 2.06 bits per heavy atom. The molecular formula is C13H15N2O+. The van der Waals surface area contributed by atoms with Crippen molar-refractivity contribution in [1.29, 1.82) is 0 Å². The highest BCUT2D eigenvalue weighted by atomic mass is 16.7. The minimum atomic E-state index is 0.493. The number of hydrogen-bond donors (Lipinski definition) is 0. The van der Waals surface area contributed by atoms with Crippen LogP contribution >= 0.6 is 0 Å². The van der Waals surface area contributed by atoms with Gasteiger partial charge >= 0.3 is 0 Å². The molecular weight excluding hydrogens is 200 g/mol. The van der Waals surface area contributed by atoms with Crippen LogP contribution in [0.1, 0.15) is 0 Å². The Morgan fingerprint density at radius 1 is 1.25 bits per heavy atom. The summed E-state index contributed by atoms with van der Waals surface area (Å²) in [5.41, 5.74) is 2.18. The molecule has 0 bridgehead atoms. The van der Waals surface area contributed by atoms with Gasteiger partial charge in [0.05, 0.1) is 0 Å². The molecule has 3 nitrogen and oxygen atoms in total. The van der Waals surface area contributed by atoms with Crippen molar-refractivity contribution >= 4 is 11.0 Å². The highest BCUT2D eigenvalue weighted by molar-refractivity contribution is 5.71. The second kappa shape index (κ2) is 4.66. The van der Waals surface area contributed by atoms with Crippen molar-refractivity contribution in [2.75, 3.05) is 6.61 Å². The molecule has 1 aromatic heterocycles. The van der Waals surface area contributed by atoms with Gasteiger partial charge in [-0.3, -0.25) is 0 Å². The first-order valence-electron chi connectivity index (χ1n) is 5.21. The highest BCUT2D eigenvalue weighted by Crippen LogP contribution is 2.09. The predicted octanol–water partition coefficient (Wildman–Crippen LogP) is 1.73. The van der Waals surface area contributed by atoms with Gasteiger partial charge in [-0.25, -0.2) is 4.57 Å². The van der Waals surface area contributed by atoms with Crippen LogP contribution in [0.3, 0.4) is 0 Å². The van der Waals surface area contributed by atoms with Crippen LogP contribution in [0.25, 0.3) is 11.0 Å². The minimum absolute atomic E-state index is 0.493. The monoisotopic (exact) mass is 215 g/mol. The van der Waals surface area contributed by atoms with Crippen molar-refractivity contribution in [2.24, 2.45) is 0 Å². The van der Waals surface area contributed by atoms with Crippen LogP contribution in [0.15, 0.2) is 55.9 Å². The second-order valence-corrected chi connectivity index (χ2v) is 3.46. The van der Waals surface area contributed by atoms with Crippen molar-refractivity contribution < 1.29 is 9.40 Å². The van der Waals surface area contributed by atoms with Crippen molar-refractivity contribution in [3.8, 4) is 0 Å². The zero-order valence-corrected chi connectivity index (χ0v) is 9.17. The molecule has 0 unspecified atom stereocenters. The number of benzene rings is 1. The Morgan fingerprint density at radius 3 is 2.81 bits per heavy atom. The van der Waals surface area contributed by atoms with E-state index >= 15 is 0 Å². The van der Waals surface area contributed by atoms with Gasteiger partial charge in [0.2, 0.25) is 5.52 Å². The lowest BCUT2D eigenvalue weighted by Crippen LogP contribution is -2.31. The predicted molar refractivity (Wildman–Crippen MR) is 64.0 cm³/mol. The molecule has 0 fully saturated rings. The summed E-state index contributed by atoms with van der Waals surface area (Å²) in [7, 11) is 0. The molecule has 0 N–H and O–H groups in total. The number of hydrogen-bond acceptors (Lipinski definition) is 1. The van der Waals surface area contributed by atoms with Crippen LogP contribution in [-0.2, 0) is 6.54 Å². The minimum Gasteiger partial charge on any atom is -0.331 e. The largest absolute Gasteiger partial charge is 0.331 e. The second-order valence-electron chi connectivity index (χ2n) is 3.46. The van der Waals surface area contributed by atoms with Crippen LogP contribution < -0.4 is 9.40 Å². The maximum atomic E-state index is 5.54. The molecule has 0 aliphatic heterocycles. The fraction of sp³-hybridized carbons (Fsp3) is 0.154. The van der Waals surface area contributed by atoms with E-state index in [1.165, 1.54) is 0 Å². The van der Waals surface area contributed by atoms with E-state index < -0.39 is 0 Å². The summed E-state index contributed by atoms with van der Waals surface area (Å²) in [5.74, 6) is 0. The molecule has 0 aliphatic carbocycles. The smallest absolute Gasteiger partial charge is 0.285 e. The fourth-order valence-corrected chi connectivity index (χ4v) is 1.66. The van der Waals surface area contributed by atoms with E-state index in [-0.39, 0.29) is 0 Å². The number of imidazole rings is 1. The molecule has 16 heavy (non-hydrogen) atoms. The zero-order valence-electron chi connectivity index (χ0n) is 9.17. The normalized spacial score (nSPS) is 10.2. The van der Waals surface area contributed by atoms with Crippen LogP contribution in [0, 0.1) is 0 Å². The first-order chi connectivity index (χ1) is 7.86. The quantitative estimate of drug-likeness (QED) is 0.548. The molecule has 0 atom stereocenters.